The number of carbonyl (C=O) groups is 1. The first-order valence-electron chi connectivity index (χ1n) is 6.49. The minimum atomic E-state index is -0.545. The highest BCUT2D eigenvalue weighted by Gasteiger charge is 2.09. The standard InChI is InChI=1S/C17H15NO3/c1-12-7-13(2)9-15(8-12)20-11-17(19)21-16-6-4-3-5-14(16)10-18/h3-9H,11H2,1-2H3. The summed E-state index contributed by atoms with van der Waals surface area (Å²) in [6, 6.07) is 14.3. The third-order valence-corrected chi connectivity index (χ3v) is 2.78. The van der Waals surface area contributed by atoms with Gasteiger partial charge in [0.25, 0.3) is 0 Å². The fourth-order valence-electron chi connectivity index (χ4n) is 1.96. The van der Waals surface area contributed by atoms with Gasteiger partial charge in [0, 0.05) is 0 Å². The highest BCUT2D eigenvalue weighted by atomic mass is 16.6. The second-order valence-electron chi connectivity index (χ2n) is 4.69. The van der Waals surface area contributed by atoms with Crippen molar-refractivity contribution in [2.75, 3.05) is 6.61 Å². The molecule has 0 fully saturated rings. The van der Waals surface area contributed by atoms with E-state index in [1.54, 1.807) is 24.3 Å². The zero-order valence-electron chi connectivity index (χ0n) is 11.9. The molecule has 0 heterocycles. The third-order valence-electron chi connectivity index (χ3n) is 2.78. The van der Waals surface area contributed by atoms with Crippen molar-refractivity contribution in [2.24, 2.45) is 0 Å². The van der Waals surface area contributed by atoms with Gasteiger partial charge in [-0.15, -0.1) is 0 Å². The summed E-state index contributed by atoms with van der Waals surface area (Å²) < 4.78 is 10.5. The van der Waals surface area contributed by atoms with Gasteiger partial charge in [-0.25, -0.2) is 4.79 Å². The number of esters is 1. The first kappa shape index (κ1) is 14.6. The predicted molar refractivity (Wildman–Crippen MR) is 78.2 cm³/mol. The van der Waals surface area contributed by atoms with Gasteiger partial charge < -0.3 is 9.47 Å². The van der Waals surface area contributed by atoms with Crippen LogP contribution < -0.4 is 9.47 Å². The molecule has 0 atom stereocenters. The molecule has 0 radical (unpaired) electrons. The van der Waals surface area contributed by atoms with Gasteiger partial charge in [-0.2, -0.15) is 5.26 Å². The van der Waals surface area contributed by atoms with Crippen molar-refractivity contribution in [3.05, 3.63) is 59.2 Å². The molecule has 0 aromatic heterocycles. The maximum Gasteiger partial charge on any atom is 0.349 e. The van der Waals surface area contributed by atoms with Crippen LogP contribution in [0, 0.1) is 25.2 Å². The molecule has 2 aromatic rings. The van der Waals surface area contributed by atoms with Gasteiger partial charge in [0.1, 0.15) is 17.6 Å². The lowest BCUT2D eigenvalue weighted by Crippen LogP contribution is -2.18. The number of ether oxygens (including phenoxy) is 2. The second kappa shape index (κ2) is 6.58. The number of carbonyl (C=O) groups excluding carboxylic acids is 1. The molecule has 106 valence electrons. The molecule has 0 spiro atoms. The molecule has 21 heavy (non-hydrogen) atoms. The topological polar surface area (TPSA) is 59.3 Å². The molecule has 0 aliphatic heterocycles. The number of aryl methyl sites for hydroxylation is 2. The van der Waals surface area contributed by atoms with E-state index in [-0.39, 0.29) is 12.4 Å². The quantitative estimate of drug-likeness (QED) is 0.638. The minimum absolute atomic E-state index is 0.206. The molecule has 0 aliphatic rings. The van der Waals surface area contributed by atoms with Gasteiger partial charge in [0.2, 0.25) is 0 Å². The molecule has 2 aromatic carbocycles. The van der Waals surface area contributed by atoms with E-state index in [1.807, 2.05) is 38.1 Å². The summed E-state index contributed by atoms with van der Waals surface area (Å²) in [7, 11) is 0. The zero-order valence-corrected chi connectivity index (χ0v) is 11.9. The van der Waals surface area contributed by atoms with E-state index in [2.05, 4.69) is 0 Å². The van der Waals surface area contributed by atoms with E-state index in [9.17, 15) is 4.79 Å². The van der Waals surface area contributed by atoms with E-state index in [4.69, 9.17) is 14.7 Å². The Bertz CT molecular complexity index is 681. The Morgan fingerprint density at radius 3 is 2.48 bits per heavy atom. The fraction of sp³-hybridized carbons (Fsp3) is 0.176. The molecule has 2 rings (SSSR count). The second-order valence-corrected chi connectivity index (χ2v) is 4.69. The number of rotatable bonds is 4. The van der Waals surface area contributed by atoms with E-state index >= 15 is 0 Å². The first-order valence-corrected chi connectivity index (χ1v) is 6.49. The van der Waals surface area contributed by atoms with Crippen LogP contribution in [-0.2, 0) is 4.79 Å². The van der Waals surface area contributed by atoms with Gasteiger partial charge >= 0.3 is 5.97 Å². The maximum atomic E-state index is 11.8. The van der Waals surface area contributed by atoms with Crippen LogP contribution in [0.15, 0.2) is 42.5 Å². The molecule has 0 unspecified atom stereocenters. The lowest BCUT2D eigenvalue weighted by molar-refractivity contribution is -0.136. The average Bonchev–Trinajstić information content (AvgIpc) is 2.45. The van der Waals surface area contributed by atoms with Crippen molar-refractivity contribution in [1.29, 1.82) is 5.26 Å². The molecule has 4 heteroatoms. The largest absolute Gasteiger partial charge is 0.482 e. The van der Waals surface area contributed by atoms with Crippen molar-refractivity contribution in [3.63, 3.8) is 0 Å². The van der Waals surface area contributed by atoms with E-state index in [0.717, 1.165) is 11.1 Å². The Balaban J connectivity index is 1.98. The predicted octanol–water partition coefficient (Wildman–Crippen LogP) is 3.16. The zero-order chi connectivity index (χ0) is 15.2. The average molecular weight is 281 g/mol. The van der Waals surface area contributed by atoms with Crippen LogP contribution in [0.2, 0.25) is 0 Å². The van der Waals surface area contributed by atoms with Crippen LogP contribution >= 0.6 is 0 Å². The summed E-state index contributed by atoms with van der Waals surface area (Å²) in [5, 5.41) is 8.93. The molecule has 0 saturated heterocycles. The Hall–Kier alpha value is -2.80. The van der Waals surface area contributed by atoms with Crippen LogP contribution in [-0.4, -0.2) is 12.6 Å². The number of hydrogen-bond donors (Lipinski definition) is 0. The molecule has 0 N–H and O–H groups in total. The Kier molecular flexibility index (Phi) is 4.57. The summed E-state index contributed by atoms with van der Waals surface area (Å²) in [5.41, 5.74) is 2.44. The summed E-state index contributed by atoms with van der Waals surface area (Å²) in [6.07, 6.45) is 0. The summed E-state index contributed by atoms with van der Waals surface area (Å²) >= 11 is 0. The van der Waals surface area contributed by atoms with E-state index in [1.165, 1.54) is 0 Å². The Morgan fingerprint density at radius 2 is 1.81 bits per heavy atom. The first-order chi connectivity index (χ1) is 10.1. The van der Waals surface area contributed by atoms with Crippen molar-refractivity contribution in [2.45, 2.75) is 13.8 Å². The summed E-state index contributed by atoms with van der Waals surface area (Å²) in [5.74, 6) is 0.323. The third kappa shape index (κ3) is 4.08. The van der Waals surface area contributed by atoms with Crippen LogP contribution in [0.3, 0.4) is 0 Å². The SMILES string of the molecule is Cc1cc(C)cc(OCC(=O)Oc2ccccc2C#N)c1. The Morgan fingerprint density at radius 1 is 1.14 bits per heavy atom. The molecular formula is C17H15NO3. The van der Waals surface area contributed by atoms with Crippen molar-refractivity contribution < 1.29 is 14.3 Å². The maximum absolute atomic E-state index is 11.8. The molecule has 4 nitrogen and oxygen atoms in total. The molecule has 0 amide bonds. The van der Waals surface area contributed by atoms with Crippen LogP contribution in [0.1, 0.15) is 16.7 Å². The molecule has 0 saturated carbocycles. The number of para-hydroxylation sites is 1. The van der Waals surface area contributed by atoms with E-state index < -0.39 is 5.97 Å². The lowest BCUT2D eigenvalue weighted by atomic mass is 10.1. The van der Waals surface area contributed by atoms with Crippen molar-refractivity contribution >= 4 is 5.97 Å². The summed E-state index contributed by atoms with van der Waals surface area (Å²) in [4.78, 5) is 11.8. The number of nitriles is 1. The number of nitrogens with zero attached hydrogens (tertiary/aromatic N) is 1. The lowest BCUT2D eigenvalue weighted by Gasteiger charge is -2.09. The van der Waals surface area contributed by atoms with Crippen molar-refractivity contribution in [3.8, 4) is 17.6 Å². The van der Waals surface area contributed by atoms with Crippen molar-refractivity contribution in [1.82, 2.24) is 0 Å². The monoisotopic (exact) mass is 281 g/mol. The van der Waals surface area contributed by atoms with E-state index in [0.29, 0.717) is 11.3 Å². The van der Waals surface area contributed by atoms with Crippen LogP contribution in [0.5, 0.6) is 11.5 Å². The Labute approximate surface area is 123 Å². The van der Waals surface area contributed by atoms with Crippen LogP contribution in [0.25, 0.3) is 0 Å². The smallest absolute Gasteiger partial charge is 0.349 e. The fourth-order valence-corrected chi connectivity index (χ4v) is 1.96. The normalized spacial score (nSPS) is 9.76. The van der Waals surface area contributed by atoms with Gasteiger partial charge in [-0.1, -0.05) is 18.2 Å². The van der Waals surface area contributed by atoms with Gasteiger partial charge in [-0.3, -0.25) is 0 Å². The molecular weight excluding hydrogens is 266 g/mol. The number of hydrogen-bond acceptors (Lipinski definition) is 4. The van der Waals surface area contributed by atoms with Gasteiger partial charge in [0.15, 0.2) is 6.61 Å². The number of benzene rings is 2. The highest BCUT2D eigenvalue weighted by Crippen LogP contribution is 2.18. The molecule has 0 aliphatic carbocycles. The minimum Gasteiger partial charge on any atom is -0.482 e. The van der Waals surface area contributed by atoms with Gasteiger partial charge in [0.05, 0.1) is 5.56 Å². The highest BCUT2D eigenvalue weighted by molar-refractivity contribution is 5.74. The molecule has 0 bridgehead atoms. The summed E-state index contributed by atoms with van der Waals surface area (Å²) in [6.45, 7) is 3.71. The van der Waals surface area contributed by atoms with Gasteiger partial charge in [-0.05, 0) is 49.2 Å². The van der Waals surface area contributed by atoms with Crippen LogP contribution in [0.4, 0.5) is 0 Å².